The summed E-state index contributed by atoms with van der Waals surface area (Å²) in [6.07, 6.45) is 3.38. The van der Waals surface area contributed by atoms with Crippen molar-refractivity contribution in [2.75, 3.05) is 7.11 Å². The minimum atomic E-state index is -0.294. The van der Waals surface area contributed by atoms with Crippen molar-refractivity contribution in [1.29, 1.82) is 0 Å². The van der Waals surface area contributed by atoms with Crippen molar-refractivity contribution in [3.05, 3.63) is 82.0 Å². The summed E-state index contributed by atoms with van der Waals surface area (Å²) in [5.41, 5.74) is 3.55. The Morgan fingerprint density at radius 2 is 2.10 bits per heavy atom. The fraction of sp³-hybridized carbons (Fsp3) is 0.143. The van der Waals surface area contributed by atoms with Gasteiger partial charge < -0.3 is 10.1 Å². The van der Waals surface area contributed by atoms with Gasteiger partial charge in [0.1, 0.15) is 5.75 Å². The third-order valence-electron chi connectivity index (χ3n) is 4.57. The number of nitrogens with one attached hydrogen (secondary N) is 2. The van der Waals surface area contributed by atoms with Crippen LogP contribution in [0.2, 0.25) is 0 Å². The number of pyridine rings is 1. The predicted octanol–water partition coefficient (Wildman–Crippen LogP) is 2.33. The molecule has 0 spiro atoms. The number of aromatic amines is 1. The molecule has 0 unspecified atom stereocenters. The number of para-hydroxylation sites is 1. The maximum absolute atomic E-state index is 12.6. The lowest BCUT2D eigenvalue weighted by atomic mass is 10.1. The van der Waals surface area contributed by atoms with Crippen LogP contribution < -0.4 is 15.6 Å². The quantitative estimate of drug-likeness (QED) is 0.546. The van der Waals surface area contributed by atoms with Gasteiger partial charge in [-0.15, -0.1) is 0 Å². The van der Waals surface area contributed by atoms with Gasteiger partial charge in [-0.25, -0.2) is 9.50 Å². The second-order valence-electron chi connectivity index (χ2n) is 6.53. The van der Waals surface area contributed by atoms with Crippen molar-refractivity contribution >= 4 is 11.6 Å². The minimum absolute atomic E-state index is 0.120. The van der Waals surface area contributed by atoms with Crippen LogP contribution in [0.1, 0.15) is 21.6 Å². The Hall–Kier alpha value is -3.94. The van der Waals surface area contributed by atoms with Crippen LogP contribution in [0.25, 0.3) is 16.9 Å². The first kappa shape index (κ1) is 18.4. The second-order valence-corrected chi connectivity index (χ2v) is 6.53. The highest BCUT2D eigenvalue weighted by atomic mass is 16.5. The molecule has 0 saturated heterocycles. The van der Waals surface area contributed by atoms with Gasteiger partial charge in [0.2, 0.25) is 0 Å². The number of carbonyl (C=O) groups is 1. The van der Waals surface area contributed by atoms with E-state index in [1.54, 1.807) is 30.6 Å². The molecule has 0 atom stereocenters. The first-order valence-electron chi connectivity index (χ1n) is 9.00. The summed E-state index contributed by atoms with van der Waals surface area (Å²) in [5.74, 6) is 0.234. The molecule has 4 aromatic rings. The van der Waals surface area contributed by atoms with Crippen LogP contribution >= 0.6 is 0 Å². The van der Waals surface area contributed by atoms with Crippen molar-refractivity contribution in [2.45, 2.75) is 13.5 Å². The summed E-state index contributed by atoms with van der Waals surface area (Å²) in [4.78, 5) is 33.6. The number of hydrogen-bond donors (Lipinski definition) is 2. The van der Waals surface area contributed by atoms with E-state index in [-0.39, 0.29) is 18.0 Å². The van der Waals surface area contributed by atoms with Crippen LogP contribution in [0.4, 0.5) is 0 Å². The predicted molar refractivity (Wildman–Crippen MR) is 108 cm³/mol. The molecule has 8 heteroatoms. The molecular formula is C21H19N5O3. The molecule has 4 rings (SSSR count). The van der Waals surface area contributed by atoms with Gasteiger partial charge >= 0.3 is 0 Å². The average Bonchev–Trinajstić information content (AvgIpc) is 3.17. The highest BCUT2D eigenvalue weighted by molar-refractivity contribution is 5.97. The molecule has 0 saturated carbocycles. The van der Waals surface area contributed by atoms with Crippen LogP contribution in [0.15, 0.2) is 59.7 Å². The van der Waals surface area contributed by atoms with E-state index in [1.165, 1.54) is 17.7 Å². The van der Waals surface area contributed by atoms with Crippen molar-refractivity contribution in [3.63, 3.8) is 0 Å². The third kappa shape index (κ3) is 3.60. The Kier molecular flexibility index (Phi) is 4.82. The lowest BCUT2D eigenvalue weighted by molar-refractivity contribution is 0.0947. The standard InChI is InChI=1S/C21H19N5O3/c1-13-5-3-7-16(20(13)29-2)21(28)23-12-15-9-19(27)26-18(24-15)10-17(25-26)14-6-4-8-22-11-14/h3-11,25H,12H2,1-2H3,(H,23,28). The normalized spacial score (nSPS) is 10.8. The Labute approximate surface area is 166 Å². The zero-order valence-corrected chi connectivity index (χ0v) is 16.0. The molecular weight excluding hydrogens is 370 g/mol. The third-order valence-corrected chi connectivity index (χ3v) is 4.57. The summed E-state index contributed by atoms with van der Waals surface area (Å²) in [5, 5.41) is 5.81. The maximum atomic E-state index is 12.6. The number of rotatable bonds is 5. The molecule has 1 amide bonds. The van der Waals surface area contributed by atoms with Gasteiger partial charge in [0, 0.05) is 30.1 Å². The Bertz CT molecular complexity index is 1240. The second kappa shape index (κ2) is 7.59. The molecule has 3 aromatic heterocycles. The fourth-order valence-electron chi connectivity index (χ4n) is 3.17. The molecule has 0 radical (unpaired) electrons. The van der Waals surface area contributed by atoms with Crippen molar-refractivity contribution in [1.82, 2.24) is 24.9 Å². The van der Waals surface area contributed by atoms with E-state index in [4.69, 9.17) is 4.74 Å². The van der Waals surface area contributed by atoms with Crippen LogP contribution in [0.5, 0.6) is 5.75 Å². The van der Waals surface area contributed by atoms with E-state index < -0.39 is 0 Å². The monoisotopic (exact) mass is 389 g/mol. The molecule has 146 valence electrons. The van der Waals surface area contributed by atoms with Gasteiger partial charge in [-0.1, -0.05) is 12.1 Å². The topological polar surface area (TPSA) is 101 Å². The number of nitrogens with zero attached hydrogens (tertiary/aromatic N) is 3. The average molecular weight is 389 g/mol. The van der Waals surface area contributed by atoms with E-state index in [0.717, 1.165) is 16.8 Å². The first-order chi connectivity index (χ1) is 14.1. The minimum Gasteiger partial charge on any atom is -0.496 e. The summed E-state index contributed by atoms with van der Waals surface area (Å²) in [7, 11) is 1.53. The molecule has 3 heterocycles. The first-order valence-corrected chi connectivity index (χ1v) is 9.00. The van der Waals surface area contributed by atoms with Gasteiger partial charge in [0.25, 0.3) is 11.5 Å². The van der Waals surface area contributed by atoms with E-state index in [2.05, 4.69) is 20.4 Å². The number of fused-ring (bicyclic) bond motifs is 1. The van der Waals surface area contributed by atoms with Crippen LogP contribution in [0, 0.1) is 6.92 Å². The highest BCUT2D eigenvalue weighted by Gasteiger charge is 2.14. The highest BCUT2D eigenvalue weighted by Crippen LogP contribution is 2.22. The number of amides is 1. The Morgan fingerprint density at radius 3 is 2.86 bits per heavy atom. The number of carbonyl (C=O) groups excluding carboxylic acids is 1. The number of methoxy groups -OCH3 is 1. The number of H-pyrrole nitrogens is 1. The molecule has 0 fully saturated rings. The molecule has 0 bridgehead atoms. The molecule has 2 N–H and O–H groups in total. The van der Waals surface area contributed by atoms with Gasteiger partial charge in [0.15, 0.2) is 5.65 Å². The largest absolute Gasteiger partial charge is 0.496 e. The van der Waals surface area contributed by atoms with Gasteiger partial charge in [0.05, 0.1) is 30.6 Å². The van der Waals surface area contributed by atoms with E-state index in [1.807, 2.05) is 25.1 Å². The summed E-state index contributed by atoms with van der Waals surface area (Å²) >= 11 is 0. The number of aryl methyl sites for hydroxylation is 1. The molecule has 8 nitrogen and oxygen atoms in total. The lowest BCUT2D eigenvalue weighted by Gasteiger charge is -2.11. The summed E-state index contributed by atoms with van der Waals surface area (Å²) < 4.78 is 6.69. The molecule has 29 heavy (non-hydrogen) atoms. The number of benzene rings is 1. The number of ether oxygens (including phenoxy) is 1. The maximum Gasteiger partial charge on any atom is 0.272 e. The fourth-order valence-corrected chi connectivity index (χ4v) is 3.17. The molecule has 0 aliphatic rings. The van der Waals surface area contributed by atoms with E-state index in [0.29, 0.717) is 22.7 Å². The van der Waals surface area contributed by atoms with Crippen LogP contribution in [0.3, 0.4) is 0 Å². The zero-order valence-electron chi connectivity index (χ0n) is 16.0. The molecule has 1 aromatic carbocycles. The van der Waals surface area contributed by atoms with E-state index >= 15 is 0 Å². The van der Waals surface area contributed by atoms with Crippen molar-refractivity contribution in [2.24, 2.45) is 0 Å². The summed E-state index contributed by atoms with van der Waals surface area (Å²) in [6, 6.07) is 12.2. The van der Waals surface area contributed by atoms with Gasteiger partial charge in [-0.2, -0.15) is 0 Å². The number of hydrogen-bond acceptors (Lipinski definition) is 5. The van der Waals surface area contributed by atoms with Crippen LogP contribution in [-0.2, 0) is 6.54 Å². The van der Waals surface area contributed by atoms with Crippen molar-refractivity contribution < 1.29 is 9.53 Å². The summed E-state index contributed by atoms with van der Waals surface area (Å²) in [6.45, 7) is 1.99. The number of aromatic nitrogens is 4. The Morgan fingerprint density at radius 1 is 1.24 bits per heavy atom. The lowest BCUT2D eigenvalue weighted by Crippen LogP contribution is -2.25. The zero-order chi connectivity index (χ0) is 20.4. The molecule has 0 aliphatic carbocycles. The van der Waals surface area contributed by atoms with E-state index in [9.17, 15) is 9.59 Å². The van der Waals surface area contributed by atoms with Gasteiger partial charge in [-0.05, 0) is 30.7 Å². The van der Waals surface area contributed by atoms with Crippen LogP contribution in [-0.4, -0.2) is 32.6 Å². The SMILES string of the molecule is COc1c(C)cccc1C(=O)NCc1cc(=O)n2[nH]c(-c3cccnc3)cc2n1. The smallest absolute Gasteiger partial charge is 0.272 e. The molecule has 0 aliphatic heterocycles. The Balaban J connectivity index is 1.58. The van der Waals surface area contributed by atoms with Crippen molar-refractivity contribution in [3.8, 4) is 17.0 Å². The van der Waals surface area contributed by atoms with Gasteiger partial charge in [-0.3, -0.25) is 19.7 Å².